The Morgan fingerprint density at radius 1 is 1.33 bits per heavy atom. The summed E-state index contributed by atoms with van der Waals surface area (Å²) in [6, 6.07) is 4.16. The molecule has 5 heteroatoms. The van der Waals surface area contributed by atoms with Crippen molar-refractivity contribution in [3.05, 3.63) is 34.6 Å². The normalized spacial score (nSPS) is 23.7. The molecule has 1 fully saturated rings. The second kappa shape index (κ2) is 5.67. The minimum Gasteiger partial charge on any atom is -0.349 e. The largest absolute Gasteiger partial charge is 0.349 e. The monoisotopic (exact) mass is 270 g/mol. The van der Waals surface area contributed by atoms with Crippen molar-refractivity contribution in [2.24, 2.45) is 5.73 Å². The van der Waals surface area contributed by atoms with Crippen molar-refractivity contribution in [2.45, 2.75) is 37.8 Å². The highest BCUT2D eigenvalue weighted by Crippen LogP contribution is 2.20. The van der Waals surface area contributed by atoms with E-state index >= 15 is 0 Å². The molecule has 0 unspecified atom stereocenters. The molecule has 18 heavy (non-hydrogen) atoms. The first-order valence-electron chi connectivity index (χ1n) is 6.08. The standard InChI is InChI=1S/C13H16ClFN2O/c14-12-7-8(15)1-6-11(12)13(18)17-10-4-2-9(16)3-5-10/h1,6-7,9-10H,2-5,16H2,(H,17,18). The van der Waals surface area contributed by atoms with Crippen LogP contribution in [0.4, 0.5) is 4.39 Å². The number of benzene rings is 1. The predicted octanol–water partition coefficient (Wildman–Crippen LogP) is 2.48. The molecule has 2 rings (SSSR count). The Kier molecular flexibility index (Phi) is 4.19. The van der Waals surface area contributed by atoms with Crippen molar-refractivity contribution in [2.75, 3.05) is 0 Å². The van der Waals surface area contributed by atoms with Crippen LogP contribution in [0.3, 0.4) is 0 Å². The predicted molar refractivity (Wildman–Crippen MR) is 69.1 cm³/mol. The molecular formula is C13H16ClFN2O. The Morgan fingerprint density at radius 2 is 2.00 bits per heavy atom. The first kappa shape index (κ1) is 13.3. The molecule has 0 atom stereocenters. The molecule has 1 aliphatic rings. The van der Waals surface area contributed by atoms with Gasteiger partial charge in [0.1, 0.15) is 5.82 Å². The summed E-state index contributed by atoms with van der Waals surface area (Å²) in [7, 11) is 0. The molecule has 0 aliphatic heterocycles. The number of nitrogens with one attached hydrogen (secondary N) is 1. The molecule has 0 spiro atoms. The highest BCUT2D eigenvalue weighted by Gasteiger charge is 2.21. The zero-order chi connectivity index (χ0) is 13.1. The number of halogens is 2. The topological polar surface area (TPSA) is 55.1 Å². The lowest BCUT2D eigenvalue weighted by Crippen LogP contribution is -2.40. The van der Waals surface area contributed by atoms with Gasteiger partial charge in [0.05, 0.1) is 10.6 Å². The van der Waals surface area contributed by atoms with E-state index in [4.69, 9.17) is 17.3 Å². The smallest absolute Gasteiger partial charge is 0.253 e. The van der Waals surface area contributed by atoms with E-state index < -0.39 is 5.82 Å². The van der Waals surface area contributed by atoms with Crippen LogP contribution >= 0.6 is 11.6 Å². The average Bonchev–Trinajstić information content (AvgIpc) is 2.32. The maximum atomic E-state index is 12.9. The van der Waals surface area contributed by atoms with E-state index in [1.54, 1.807) is 0 Å². The van der Waals surface area contributed by atoms with Gasteiger partial charge in [0, 0.05) is 12.1 Å². The molecule has 1 aromatic rings. The van der Waals surface area contributed by atoms with Gasteiger partial charge in [-0.05, 0) is 43.9 Å². The van der Waals surface area contributed by atoms with Crippen molar-refractivity contribution < 1.29 is 9.18 Å². The highest BCUT2D eigenvalue weighted by molar-refractivity contribution is 6.33. The molecule has 0 heterocycles. The van der Waals surface area contributed by atoms with E-state index in [0.29, 0.717) is 5.56 Å². The number of carbonyl (C=O) groups is 1. The zero-order valence-electron chi connectivity index (χ0n) is 9.96. The van der Waals surface area contributed by atoms with Gasteiger partial charge < -0.3 is 11.1 Å². The van der Waals surface area contributed by atoms with Crippen LogP contribution in [-0.4, -0.2) is 18.0 Å². The first-order chi connectivity index (χ1) is 8.56. The minimum atomic E-state index is -0.444. The maximum absolute atomic E-state index is 12.9. The summed E-state index contributed by atoms with van der Waals surface area (Å²) < 4.78 is 12.9. The fourth-order valence-electron chi connectivity index (χ4n) is 2.20. The Morgan fingerprint density at radius 3 is 2.61 bits per heavy atom. The summed E-state index contributed by atoms with van der Waals surface area (Å²) in [6.45, 7) is 0. The zero-order valence-corrected chi connectivity index (χ0v) is 10.7. The van der Waals surface area contributed by atoms with Crippen molar-refractivity contribution in [3.8, 4) is 0 Å². The van der Waals surface area contributed by atoms with Gasteiger partial charge in [0.15, 0.2) is 0 Å². The van der Waals surface area contributed by atoms with Crippen LogP contribution in [0.2, 0.25) is 5.02 Å². The van der Waals surface area contributed by atoms with Crippen LogP contribution < -0.4 is 11.1 Å². The lowest BCUT2D eigenvalue weighted by atomic mass is 9.91. The third-order valence-corrected chi connectivity index (χ3v) is 3.60. The molecule has 1 aliphatic carbocycles. The van der Waals surface area contributed by atoms with Gasteiger partial charge in [-0.25, -0.2) is 4.39 Å². The summed E-state index contributed by atoms with van der Waals surface area (Å²) in [5, 5.41) is 3.05. The molecule has 3 nitrogen and oxygen atoms in total. The van der Waals surface area contributed by atoms with Crippen LogP contribution in [-0.2, 0) is 0 Å². The van der Waals surface area contributed by atoms with Gasteiger partial charge in [-0.15, -0.1) is 0 Å². The summed E-state index contributed by atoms with van der Waals surface area (Å²) in [6.07, 6.45) is 3.60. The van der Waals surface area contributed by atoms with Crippen LogP contribution in [0, 0.1) is 5.82 Å². The van der Waals surface area contributed by atoms with E-state index in [2.05, 4.69) is 5.32 Å². The molecule has 98 valence electrons. The van der Waals surface area contributed by atoms with E-state index in [1.165, 1.54) is 12.1 Å². The lowest BCUT2D eigenvalue weighted by molar-refractivity contribution is 0.0926. The Labute approximate surface area is 111 Å². The van der Waals surface area contributed by atoms with Crippen LogP contribution in [0.1, 0.15) is 36.0 Å². The van der Waals surface area contributed by atoms with E-state index in [9.17, 15) is 9.18 Å². The lowest BCUT2D eigenvalue weighted by Gasteiger charge is -2.26. The van der Waals surface area contributed by atoms with Gasteiger partial charge in [0.2, 0.25) is 0 Å². The van der Waals surface area contributed by atoms with Gasteiger partial charge >= 0.3 is 0 Å². The first-order valence-corrected chi connectivity index (χ1v) is 6.45. The van der Waals surface area contributed by atoms with Crippen molar-refractivity contribution in [1.82, 2.24) is 5.32 Å². The number of rotatable bonds is 2. The quantitative estimate of drug-likeness (QED) is 0.867. The van der Waals surface area contributed by atoms with E-state index in [0.717, 1.165) is 31.7 Å². The summed E-state index contributed by atoms with van der Waals surface area (Å²) >= 11 is 5.84. The third kappa shape index (κ3) is 3.21. The number of nitrogens with two attached hydrogens (primary N) is 1. The molecular weight excluding hydrogens is 255 g/mol. The highest BCUT2D eigenvalue weighted by atomic mass is 35.5. The Bertz CT molecular complexity index is 445. The van der Waals surface area contributed by atoms with E-state index in [1.807, 2.05) is 0 Å². The molecule has 3 N–H and O–H groups in total. The molecule has 1 amide bonds. The molecule has 1 saturated carbocycles. The van der Waals surface area contributed by atoms with Gasteiger partial charge in [-0.1, -0.05) is 11.6 Å². The molecule has 0 aromatic heterocycles. The molecule has 1 aromatic carbocycles. The van der Waals surface area contributed by atoms with Gasteiger partial charge in [-0.2, -0.15) is 0 Å². The average molecular weight is 271 g/mol. The maximum Gasteiger partial charge on any atom is 0.253 e. The van der Waals surface area contributed by atoms with Crippen LogP contribution in [0.25, 0.3) is 0 Å². The van der Waals surface area contributed by atoms with Crippen LogP contribution in [0.5, 0.6) is 0 Å². The third-order valence-electron chi connectivity index (χ3n) is 3.28. The fraction of sp³-hybridized carbons (Fsp3) is 0.462. The molecule has 0 bridgehead atoms. The second-order valence-corrected chi connectivity index (χ2v) is 5.12. The number of carbonyl (C=O) groups excluding carboxylic acids is 1. The summed E-state index contributed by atoms with van der Waals surface area (Å²) in [5.41, 5.74) is 6.12. The number of hydrogen-bond donors (Lipinski definition) is 2. The van der Waals surface area contributed by atoms with Gasteiger partial charge in [0.25, 0.3) is 5.91 Å². The van der Waals surface area contributed by atoms with Gasteiger partial charge in [-0.3, -0.25) is 4.79 Å². The SMILES string of the molecule is NC1CCC(NC(=O)c2ccc(F)cc2Cl)CC1. The van der Waals surface area contributed by atoms with Crippen LogP contribution in [0.15, 0.2) is 18.2 Å². The Balaban J connectivity index is 1.99. The molecule has 0 saturated heterocycles. The second-order valence-electron chi connectivity index (χ2n) is 4.71. The summed E-state index contributed by atoms with van der Waals surface area (Å²) in [5.74, 6) is -0.694. The minimum absolute atomic E-state index is 0.137. The summed E-state index contributed by atoms with van der Waals surface area (Å²) in [4.78, 5) is 12.0. The number of hydrogen-bond acceptors (Lipinski definition) is 2. The van der Waals surface area contributed by atoms with Crippen molar-refractivity contribution >= 4 is 17.5 Å². The van der Waals surface area contributed by atoms with Crippen molar-refractivity contribution in [1.29, 1.82) is 0 Å². The van der Waals surface area contributed by atoms with Crippen molar-refractivity contribution in [3.63, 3.8) is 0 Å². The fourth-order valence-corrected chi connectivity index (χ4v) is 2.45. The Hall–Kier alpha value is -1.13. The number of amides is 1. The molecule has 0 radical (unpaired) electrons. The van der Waals surface area contributed by atoms with E-state index in [-0.39, 0.29) is 23.0 Å².